The summed E-state index contributed by atoms with van der Waals surface area (Å²) in [7, 11) is 0. The van der Waals surface area contributed by atoms with Crippen LogP contribution in [0.25, 0.3) is 0 Å². The third-order valence-corrected chi connectivity index (χ3v) is 3.92. The van der Waals surface area contributed by atoms with Crippen molar-refractivity contribution in [3.8, 4) is 0 Å². The van der Waals surface area contributed by atoms with Gasteiger partial charge < -0.3 is 10.1 Å². The molecule has 1 aromatic rings. The number of nitrogens with zero attached hydrogens (tertiary/aromatic N) is 1. The van der Waals surface area contributed by atoms with Crippen molar-refractivity contribution in [2.75, 3.05) is 19.7 Å². The second kappa shape index (κ2) is 7.95. The number of aromatic amines is 1. The van der Waals surface area contributed by atoms with Gasteiger partial charge in [-0.2, -0.15) is 0 Å². The average molecular weight is 293 g/mol. The summed E-state index contributed by atoms with van der Waals surface area (Å²) in [5, 5.41) is 11.5. The van der Waals surface area contributed by atoms with Crippen LogP contribution in [0.15, 0.2) is 18.3 Å². The van der Waals surface area contributed by atoms with Crippen molar-refractivity contribution in [3.63, 3.8) is 0 Å². The lowest BCUT2D eigenvalue weighted by Gasteiger charge is -2.33. The molecule has 0 aromatic carbocycles. The molecule has 0 spiro atoms. The lowest BCUT2D eigenvalue weighted by molar-refractivity contribution is -0.122. The van der Waals surface area contributed by atoms with E-state index in [1.54, 1.807) is 18.3 Å². The molecule has 0 unspecified atom stereocenters. The Morgan fingerprint density at radius 3 is 2.71 bits per heavy atom. The summed E-state index contributed by atoms with van der Waals surface area (Å²) >= 11 is 0. The second-order valence-corrected chi connectivity index (χ2v) is 5.45. The van der Waals surface area contributed by atoms with Gasteiger partial charge in [-0.25, -0.2) is 0 Å². The molecular weight excluding hydrogens is 270 g/mol. The van der Waals surface area contributed by atoms with E-state index >= 15 is 0 Å². The van der Waals surface area contributed by atoms with Crippen LogP contribution in [0.3, 0.4) is 0 Å². The van der Waals surface area contributed by atoms with Gasteiger partial charge in [0.05, 0.1) is 13.2 Å². The third-order valence-electron chi connectivity index (χ3n) is 3.92. The number of aliphatic hydroxyl groups is 1. The van der Waals surface area contributed by atoms with Crippen LogP contribution < -0.4 is 5.32 Å². The summed E-state index contributed by atoms with van der Waals surface area (Å²) in [6.45, 7) is 0.640. The van der Waals surface area contributed by atoms with Gasteiger partial charge in [0, 0.05) is 18.8 Å². The molecule has 0 aliphatic heterocycles. The Hall–Kier alpha value is -1.66. The van der Waals surface area contributed by atoms with Crippen molar-refractivity contribution >= 4 is 11.8 Å². The van der Waals surface area contributed by atoms with Gasteiger partial charge in [0.15, 0.2) is 0 Å². The number of H-pyrrole nitrogens is 1. The first-order valence-corrected chi connectivity index (χ1v) is 7.53. The van der Waals surface area contributed by atoms with Gasteiger partial charge in [-0.1, -0.05) is 19.3 Å². The topological polar surface area (TPSA) is 85.4 Å². The Kier molecular flexibility index (Phi) is 5.95. The van der Waals surface area contributed by atoms with Gasteiger partial charge >= 0.3 is 0 Å². The molecule has 6 nitrogen and oxygen atoms in total. The van der Waals surface area contributed by atoms with Crippen molar-refractivity contribution in [2.24, 2.45) is 0 Å². The zero-order chi connectivity index (χ0) is 15.1. The predicted octanol–water partition coefficient (Wildman–Crippen LogP) is 0.898. The van der Waals surface area contributed by atoms with Crippen molar-refractivity contribution < 1.29 is 14.7 Å². The highest BCUT2D eigenvalue weighted by Crippen LogP contribution is 2.22. The Labute approximate surface area is 124 Å². The summed E-state index contributed by atoms with van der Waals surface area (Å²) in [5.74, 6) is -0.744. The lowest BCUT2D eigenvalue weighted by Crippen LogP contribution is -2.46. The minimum absolute atomic E-state index is 0.0222. The molecule has 2 rings (SSSR count). The smallest absolute Gasteiger partial charge is 0.274 e. The number of aliphatic hydroxyl groups excluding tert-OH is 1. The lowest BCUT2D eigenvalue weighted by atomic mass is 9.94. The number of nitrogens with one attached hydrogen (secondary N) is 2. The molecule has 0 saturated heterocycles. The van der Waals surface area contributed by atoms with Crippen molar-refractivity contribution in [1.82, 2.24) is 15.2 Å². The van der Waals surface area contributed by atoms with E-state index in [9.17, 15) is 9.59 Å². The number of aromatic nitrogens is 1. The first kappa shape index (κ1) is 15.7. The second-order valence-electron chi connectivity index (χ2n) is 5.45. The van der Waals surface area contributed by atoms with Gasteiger partial charge in [-0.3, -0.25) is 19.8 Å². The maximum absolute atomic E-state index is 12.0. The van der Waals surface area contributed by atoms with Crippen LogP contribution >= 0.6 is 0 Å². The summed E-state index contributed by atoms with van der Waals surface area (Å²) in [5.41, 5.74) is 0.370. The maximum Gasteiger partial charge on any atom is 0.274 e. The van der Waals surface area contributed by atoms with Crippen molar-refractivity contribution in [2.45, 2.75) is 38.1 Å². The molecule has 0 atom stereocenters. The van der Waals surface area contributed by atoms with E-state index in [1.165, 1.54) is 6.42 Å². The molecule has 0 bridgehead atoms. The van der Waals surface area contributed by atoms with Crippen molar-refractivity contribution in [3.05, 3.63) is 24.0 Å². The molecule has 116 valence electrons. The van der Waals surface area contributed by atoms with Gasteiger partial charge in [0.2, 0.25) is 5.91 Å². The highest BCUT2D eigenvalue weighted by Gasteiger charge is 2.23. The summed E-state index contributed by atoms with van der Waals surface area (Å²) in [6, 6.07) is 3.66. The van der Waals surface area contributed by atoms with E-state index in [0.29, 0.717) is 18.3 Å². The highest BCUT2D eigenvalue weighted by atomic mass is 16.3. The van der Waals surface area contributed by atoms with Crippen LogP contribution in [0, 0.1) is 0 Å². The Bertz CT molecular complexity index is 453. The molecule has 2 amide bonds. The zero-order valence-electron chi connectivity index (χ0n) is 12.2. The molecule has 1 aliphatic carbocycles. The van der Waals surface area contributed by atoms with Crippen LogP contribution in [0.5, 0.6) is 0 Å². The number of carbonyl (C=O) groups is 2. The van der Waals surface area contributed by atoms with Crippen LogP contribution in [-0.4, -0.2) is 52.5 Å². The number of carbonyl (C=O) groups excluding carboxylic acids is 2. The zero-order valence-corrected chi connectivity index (χ0v) is 12.2. The minimum Gasteiger partial charge on any atom is -0.395 e. The monoisotopic (exact) mass is 293 g/mol. The Morgan fingerprint density at radius 2 is 2.10 bits per heavy atom. The Balaban J connectivity index is 1.87. The maximum atomic E-state index is 12.0. The summed E-state index contributed by atoms with van der Waals surface area (Å²) in [4.78, 5) is 28.6. The number of amides is 2. The molecular formula is C15H23N3O3. The molecule has 1 aliphatic rings. The highest BCUT2D eigenvalue weighted by molar-refractivity contribution is 6.04. The van der Waals surface area contributed by atoms with Crippen LogP contribution in [-0.2, 0) is 4.79 Å². The van der Waals surface area contributed by atoms with Gasteiger partial charge in [0.1, 0.15) is 5.69 Å². The van der Waals surface area contributed by atoms with Crippen molar-refractivity contribution in [1.29, 1.82) is 0 Å². The quantitative estimate of drug-likeness (QED) is 0.727. The van der Waals surface area contributed by atoms with E-state index in [0.717, 1.165) is 25.7 Å². The van der Waals surface area contributed by atoms with Crippen LogP contribution in [0.4, 0.5) is 0 Å². The number of imide groups is 1. The fraction of sp³-hybridized carbons (Fsp3) is 0.600. The molecule has 1 aromatic heterocycles. The van der Waals surface area contributed by atoms with Gasteiger partial charge in [-0.15, -0.1) is 0 Å². The molecule has 1 saturated carbocycles. The van der Waals surface area contributed by atoms with E-state index in [4.69, 9.17) is 5.11 Å². The largest absolute Gasteiger partial charge is 0.395 e. The molecule has 1 fully saturated rings. The van der Waals surface area contributed by atoms with Gasteiger partial charge in [-0.05, 0) is 25.0 Å². The van der Waals surface area contributed by atoms with Crippen LogP contribution in [0.1, 0.15) is 42.6 Å². The fourth-order valence-electron chi connectivity index (χ4n) is 2.85. The normalized spacial score (nSPS) is 16.1. The van der Waals surface area contributed by atoms with Gasteiger partial charge in [0.25, 0.3) is 5.91 Å². The molecule has 1 heterocycles. The number of hydrogen-bond donors (Lipinski definition) is 3. The fourth-order valence-corrected chi connectivity index (χ4v) is 2.85. The average Bonchev–Trinajstić information content (AvgIpc) is 3.02. The van der Waals surface area contributed by atoms with Crippen LogP contribution in [0.2, 0.25) is 0 Å². The standard InChI is InChI=1S/C15H23N3O3/c19-10-9-18(12-5-2-1-3-6-12)11-14(20)17-15(21)13-7-4-8-16-13/h4,7-8,12,16,19H,1-3,5-6,9-11H2,(H,17,20,21). The van der Waals surface area contributed by atoms with E-state index in [-0.39, 0.29) is 19.1 Å². The molecule has 21 heavy (non-hydrogen) atoms. The molecule has 3 N–H and O–H groups in total. The SMILES string of the molecule is O=C(CN(CCO)C1CCCCC1)NC(=O)c1ccc[nH]1. The third kappa shape index (κ3) is 4.68. The summed E-state index contributed by atoms with van der Waals surface area (Å²) < 4.78 is 0. The predicted molar refractivity (Wildman–Crippen MR) is 78.8 cm³/mol. The number of hydrogen-bond acceptors (Lipinski definition) is 4. The first-order chi connectivity index (χ1) is 10.2. The summed E-state index contributed by atoms with van der Waals surface area (Å²) in [6.07, 6.45) is 7.31. The molecule has 6 heteroatoms. The first-order valence-electron chi connectivity index (χ1n) is 7.53. The van der Waals surface area contributed by atoms with E-state index < -0.39 is 5.91 Å². The van der Waals surface area contributed by atoms with E-state index in [2.05, 4.69) is 10.3 Å². The molecule has 0 radical (unpaired) electrons. The Morgan fingerprint density at radius 1 is 1.33 bits per heavy atom. The number of rotatable bonds is 6. The minimum atomic E-state index is -0.419. The van der Waals surface area contributed by atoms with E-state index in [1.807, 2.05) is 4.90 Å².